The number of amides is 5. The Labute approximate surface area is 548 Å². The summed E-state index contributed by atoms with van der Waals surface area (Å²) in [5.74, 6) is -21.7. The van der Waals surface area contributed by atoms with Crippen molar-refractivity contribution in [3.05, 3.63) is 52.1 Å². The number of carboxylic acid groups (broad SMARTS) is 2. The van der Waals surface area contributed by atoms with E-state index >= 15 is 0 Å². The standard InChI is InChI=1S/C55H81N11O29S/c1-19(47(86)64-36(45(85)43(83)34(77)17-70)51(90)62-28(18-96)54(94)95)9-30(73)35(44(84)42(82)33(76)16-69)63-50(89)26(39(79)41(81)32(75)15-68)11-29(72)20(2)59-49(88)25(38(78)40(80)31(74)14-67)10-24(71)7-8-27(53(92)93)61-48(87)21-3-5-22(6-4-21)57-12-23-13-58-46-37(60-23)52(91)66-55(56)65-46/h3-6,13,19-20,25-28,31-36,38-45,57,67-70,74-85,96H,7-12,14-18H2,1-2H3,(H,59,88)(H,61,87)(H,62,90)(H,63,89)(H,64,86)(H,92,93)(H,94,95)(H3,56,58,65,66,91)/t19-,20+,25+,26+,27+,28+,31-,32-,33-,34-,35-,36+,38-,39-,40-,41-,42-,43-,44-,45-/m1/s1. The summed E-state index contributed by atoms with van der Waals surface area (Å²) >= 11 is 3.78. The second-order valence-corrected chi connectivity index (χ2v) is 22.6. The van der Waals surface area contributed by atoms with Crippen LogP contribution in [0.5, 0.6) is 0 Å². The van der Waals surface area contributed by atoms with Crippen molar-refractivity contribution in [3.63, 3.8) is 0 Å². The molecule has 0 bridgehead atoms. The maximum Gasteiger partial charge on any atom is 0.327 e. The van der Waals surface area contributed by atoms with Crippen LogP contribution in [0.15, 0.2) is 35.3 Å². The number of Topliss-reactive ketones (excluding diaryl/α,β-unsaturated/α-hetero) is 3. The van der Waals surface area contributed by atoms with E-state index in [-0.39, 0.29) is 29.2 Å². The zero-order valence-electron chi connectivity index (χ0n) is 51.1. The molecule has 0 unspecified atom stereocenters. The van der Waals surface area contributed by atoms with Crippen LogP contribution in [0.3, 0.4) is 0 Å². The molecule has 41 heteroatoms. The van der Waals surface area contributed by atoms with E-state index in [2.05, 4.69) is 48.5 Å². The van der Waals surface area contributed by atoms with E-state index in [4.69, 9.17) is 5.73 Å². The normalized spacial score (nSPS) is 17.9. The lowest BCUT2D eigenvalue weighted by atomic mass is 9.86. The molecule has 0 fully saturated rings. The predicted molar refractivity (Wildman–Crippen MR) is 325 cm³/mol. The van der Waals surface area contributed by atoms with Gasteiger partial charge >= 0.3 is 11.9 Å². The summed E-state index contributed by atoms with van der Waals surface area (Å²) in [5, 5.41) is 198. The predicted octanol–water partition coefficient (Wildman–Crippen LogP) is -12.1. The molecule has 20 atom stereocenters. The van der Waals surface area contributed by atoms with Crippen molar-refractivity contribution in [1.29, 1.82) is 0 Å². The molecule has 5 amide bonds. The molecule has 1 aromatic carbocycles. The molecule has 2 heterocycles. The number of carboxylic acids is 2. The van der Waals surface area contributed by atoms with Gasteiger partial charge in [-0.15, -0.1) is 0 Å². The molecule has 0 saturated carbocycles. The lowest BCUT2D eigenvalue weighted by Gasteiger charge is -2.33. The first-order chi connectivity index (χ1) is 45.0. The van der Waals surface area contributed by atoms with Crippen LogP contribution in [-0.4, -0.2) is 306 Å². The number of aliphatic hydroxyl groups is 16. The molecule has 3 aromatic rings. The minimum Gasteiger partial charge on any atom is -0.480 e. The Morgan fingerprint density at radius 3 is 1.53 bits per heavy atom. The van der Waals surface area contributed by atoms with Gasteiger partial charge in [-0.05, 0) is 37.6 Å². The monoisotopic (exact) mass is 1390 g/mol. The number of nitrogens with one attached hydrogen (secondary N) is 7. The third kappa shape index (κ3) is 23.4. The van der Waals surface area contributed by atoms with Crippen LogP contribution < -0.4 is 43.2 Å². The Morgan fingerprint density at radius 1 is 0.552 bits per heavy atom. The van der Waals surface area contributed by atoms with Crippen LogP contribution in [0.2, 0.25) is 0 Å². The number of anilines is 2. The maximum atomic E-state index is 14.3. The molecule has 2 aromatic heterocycles. The van der Waals surface area contributed by atoms with Crippen molar-refractivity contribution in [2.75, 3.05) is 43.2 Å². The Balaban J connectivity index is 1.88. The number of aliphatic hydroxyl groups excluding tert-OH is 16. The van der Waals surface area contributed by atoms with Gasteiger partial charge in [0.2, 0.25) is 29.6 Å². The van der Waals surface area contributed by atoms with Gasteiger partial charge in [0.1, 0.15) is 91.0 Å². The van der Waals surface area contributed by atoms with Crippen LogP contribution in [-0.2, 0) is 49.7 Å². The number of carbonyl (C=O) groups is 10. The fraction of sp³-hybridized carbons (Fsp3) is 0.600. The molecule has 3 rings (SSSR count). The van der Waals surface area contributed by atoms with Crippen molar-refractivity contribution in [2.45, 2.75) is 156 Å². The molecule has 96 heavy (non-hydrogen) atoms. The third-order valence-corrected chi connectivity index (χ3v) is 15.4. The van der Waals surface area contributed by atoms with E-state index in [1.54, 1.807) is 0 Å². The van der Waals surface area contributed by atoms with E-state index in [1.165, 1.54) is 30.5 Å². The third-order valence-electron chi connectivity index (χ3n) is 15.0. The minimum atomic E-state index is -2.74. The fourth-order valence-electron chi connectivity index (χ4n) is 9.07. The highest BCUT2D eigenvalue weighted by Gasteiger charge is 2.45. The molecule has 0 spiro atoms. The van der Waals surface area contributed by atoms with Crippen LogP contribution in [0, 0.1) is 17.8 Å². The van der Waals surface area contributed by atoms with Crippen LogP contribution >= 0.6 is 12.6 Å². The summed E-state index contributed by atoms with van der Waals surface area (Å²) in [5.41, 5.74) is 5.51. The van der Waals surface area contributed by atoms with Gasteiger partial charge in [-0.2, -0.15) is 17.6 Å². The van der Waals surface area contributed by atoms with Crippen molar-refractivity contribution in [2.24, 2.45) is 17.8 Å². The number of nitrogens with zero attached hydrogens (tertiary/aromatic N) is 3. The number of aromatic amines is 1. The van der Waals surface area contributed by atoms with Gasteiger partial charge in [0, 0.05) is 48.6 Å². The van der Waals surface area contributed by atoms with Gasteiger partial charge in [0.05, 0.1) is 74.9 Å². The summed E-state index contributed by atoms with van der Waals surface area (Å²) in [4.78, 5) is 161. The highest BCUT2D eigenvalue weighted by Crippen LogP contribution is 2.23. The highest BCUT2D eigenvalue weighted by molar-refractivity contribution is 7.80. The number of nitrogens with two attached hydrogens (primary N) is 1. The Morgan fingerprint density at radius 2 is 1.03 bits per heavy atom. The number of rotatable bonds is 43. The van der Waals surface area contributed by atoms with Gasteiger partial charge in [-0.3, -0.25) is 48.1 Å². The largest absolute Gasteiger partial charge is 0.480 e. The Kier molecular flexibility index (Phi) is 33.2. The average molecular weight is 1390 g/mol. The Hall–Kier alpha value is -7.95. The van der Waals surface area contributed by atoms with E-state index in [0.29, 0.717) is 11.4 Å². The first kappa shape index (κ1) is 82.3. The summed E-state index contributed by atoms with van der Waals surface area (Å²) in [6.07, 6.45) is -33.4. The zero-order valence-corrected chi connectivity index (χ0v) is 52.0. The molecule has 27 N–H and O–H groups in total. The van der Waals surface area contributed by atoms with Gasteiger partial charge < -0.3 is 130 Å². The maximum absolute atomic E-state index is 14.3. The molecule has 0 aliphatic heterocycles. The second kappa shape index (κ2) is 38.7. The number of H-pyrrole nitrogens is 1. The molecule has 0 aliphatic carbocycles. The number of fused-ring (bicyclic) bond motifs is 1. The number of aliphatic carboxylic acids is 2. The molecular weight excluding hydrogens is 1310 g/mol. The van der Waals surface area contributed by atoms with E-state index in [1.807, 2.05) is 16.0 Å². The Bertz CT molecular complexity index is 3210. The number of carbonyl (C=O) groups excluding carboxylic acids is 8. The van der Waals surface area contributed by atoms with Crippen LogP contribution in [0.1, 0.15) is 62.0 Å². The lowest BCUT2D eigenvalue weighted by Crippen LogP contribution is -2.62. The van der Waals surface area contributed by atoms with Gasteiger partial charge in [0.25, 0.3) is 11.5 Å². The van der Waals surface area contributed by atoms with Crippen molar-refractivity contribution in [3.8, 4) is 0 Å². The molecular formula is C55H81N11O29S. The van der Waals surface area contributed by atoms with Crippen LogP contribution in [0.4, 0.5) is 11.6 Å². The molecule has 0 aliphatic rings. The van der Waals surface area contributed by atoms with Crippen molar-refractivity contribution >= 4 is 94.3 Å². The van der Waals surface area contributed by atoms with Gasteiger partial charge in [-0.1, -0.05) is 6.92 Å². The topological polar surface area (TPSA) is 705 Å². The lowest BCUT2D eigenvalue weighted by molar-refractivity contribution is -0.149. The summed E-state index contributed by atoms with van der Waals surface area (Å²) in [6.45, 7) is -3.28. The molecule has 0 saturated heterocycles. The SMILES string of the molecule is C[C@H](CC(=O)[C@@H](NC(=O)[C@@H](CC(=O)[C@H](C)NC(=O)[C@@H](CC(=O)CC[C@H](NC(=O)c1ccc(NCc2cnc3nc(N)[nH]c(=O)c3n2)cc1)C(=O)O)[C@@H](O)[C@H](O)[C@H](O)CO)[C@@H](O)[C@H](O)[C@H](O)CO)[C@@H](O)[C@H](O)[C@H](O)CO)C(=O)N[C@H](C(=O)N[C@@H](CS)C(=O)O)[C@@H](O)[C@H](O)[C@H](O)CO. The van der Waals surface area contributed by atoms with Crippen molar-refractivity contribution < 1.29 is 140 Å². The van der Waals surface area contributed by atoms with E-state index < -0.39 is 250 Å². The zero-order chi connectivity index (χ0) is 72.7. The van der Waals surface area contributed by atoms with Gasteiger partial charge in [-0.25, -0.2) is 19.6 Å². The number of aromatic nitrogens is 4. The second-order valence-electron chi connectivity index (χ2n) is 22.2. The number of ketones is 3. The number of hydrogen-bond acceptors (Lipinski definition) is 33. The molecule has 0 radical (unpaired) electrons. The smallest absolute Gasteiger partial charge is 0.327 e. The highest BCUT2D eigenvalue weighted by atomic mass is 32.1. The number of benzene rings is 1. The number of hydrogen-bond donors (Lipinski definition) is 27. The fourth-order valence-corrected chi connectivity index (χ4v) is 9.32. The van der Waals surface area contributed by atoms with Crippen molar-refractivity contribution in [1.82, 2.24) is 46.5 Å². The van der Waals surface area contributed by atoms with Crippen LogP contribution in [0.25, 0.3) is 11.2 Å². The molecule has 536 valence electrons. The summed E-state index contributed by atoms with van der Waals surface area (Å²) < 4.78 is 0. The number of thiol groups is 1. The van der Waals surface area contributed by atoms with E-state index in [0.717, 1.165) is 13.8 Å². The van der Waals surface area contributed by atoms with Gasteiger partial charge in [0.15, 0.2) is 22.7 Å². The number of nitrogen functional groups attached to an aromatic ring is 1. The summed E-state index contributed by atoms with van der Waals surface area (Å²) in [7, 11) is 0. The van der Waals surface area contributed by atoms with E-state index in [9.17, 15) is 145 Å². The first-order valence-corrected chi connectivity index (χ1v) is 29.7. The first-order valence-electron chi connectivity index (χ1n) is 29.1. The summed E-state index contributed by atoms with van der Waals surface area (Å²) in [6, 6.07) is -5.10. The minimum absolute atomic E-state index is 0.00616. The quantitative estimate of drug-likeness (QED) is 0.0234. The molecule has 40 nitrogen and oxygen atoms in total. The average Bonchev–Trinajstić information content (AvgIpc) is 0.880.